The average molecular weight is 482 g/mol. The average Bonchev–Trinajstić information content (AvgIpc) is 2.88. The highest BCUT2D eigenvalue weighted by atomic mass is 32.2. The highest BCUT2D eigenvalue weighted by Crippen LogP contribution is 2.36. The third-order valence-electron chi connectivity index (χ3n) is 6.18. The third-order valence-corrected chi connectivity index (χ3v) is 8.69. The predicted molar refractivity (Wildman–Crippen MR) is 132 cm³/mol. The molecule has 6 nitrogen and oxygen atoms in total. The van der Waals surface area contributed by atoms with E-state index >= 15 is 0 Å². The fourth-order valence-corrected chi connectivity index (χ4v) is 6.33. The molecule has 7 heteroatoms. The molecule has 3 rings (SSSR count). The molecule has 0 atom stereocenters. The van der Waals surface area contributed by atoms with E-state index in [1.807, 2.05) is 60.7 Å². The maximum atomic E-state index is 13.9. The highest BCUT2D eigenvalue weighted by molar-refractivity contribution is 7.93. The van der Waals surface area contributed by atoms with Gasteiger partial charge in [0.25, 0.3) is 5.91 Å². The zero-order valence-corrected chi connectivity index (χ0v) is 20.1. The van der Waals surface area contributed by atoms with Crippen molar-refractivity contribution in [2.75, 3.05) is 7.11 Å². The van der Waals surface area contributed by atoms with Crippen molar-refractivity contribution in [3.63, 3.8) is 0 Å². The lowest BCUT2D eigenvalue weighted by atomic mass is 9.92. The van der Waals surface area contributed by atoms with Crippen LogP contribution in [0.5, 0.6) is 5.75 Å². The number of hydroxylamine groups is 1. The van der Waals surface area contributed by atoms with Crippen molar-refractivity contribution in [2.24, 2.45) is 0 Å². The Morgan fingerprint density at radius 1 is 0.824 bits per heavy atom. The first-order chi connectivity index (χ1) is 16.4. The van der Waals surface area contributed by atoms with Gasteiger partial charge in [0.15, 0.2) is 14.6 Å². The number of amides is 1. The highest BCUT2D eigenvalue weighted by Gasteiger charge is 2.50. The summed E-state index contributed by atoms with van der Waals surface area (Å²) >= 11 is 0. The summed E-state index contributed by atoms with van der Waals surface area (Å²) < 4.78 is 31.2. The number of aryl methyl sites for hydroxylation is 2. The maximum absolute atomic E-state index is 13.9. The first kappa shape index (κ1) is 25.5. The fraction of sp³-hybridized carbons (Fsp3) is 0.296. The molecule has 0 saturated heterocycles. The molecule has 0 heterocycles. The Bertz CT molecular complexity index is 1100. The Hall–Kier alpha value is -3.16. The van der Waals surface area contributed by atoms with Crippen LogP contribution in [0.3, 0.4) is 0 Å². The van der Waals surface area contributed by atoms with E-state index in [0.717, 1.165) is 11.1 Å². The van der Waals surface area contributed by atoms with E-state index in [0.29, 0.717) is 31.4 Å². The first-order valence-corrected chi connectivity index (χ1v) is 12.8. The van der Waals surface area contributed by atoms with E-state index in [4.69, 9.17) is 4.74 Å². The standard InChI is InChI=1S/C27H31NO5S/c1-33-24-16-18-25(19-17-24)34(31,32)27(26(29)28-30,20-8-14-22-10-4-2-5-11-22)21-9-15-23-12-6-3-7-13-23/h2-7,10-13,16-19,30H,8-9,14-15,20-21H2,1H3,(H,28,29). The number of ether oxygens (including phenoxy) is 1. The molecule has 0 fully saturated rings. The Morgan fingerprint density at radius 2 is 1.29 bits per heavy atom. The molecule has 0 aromatic heterocycles. The quantitative estimate of drug-likeness (QED) is 0.287. The van der Waals surface area contributed by atoms with Gasteiger partial charge < -0.3 is 4.74 Å². The van der Waals surface area contributed by atoms with Gasteiger partial charge in [-0.1, -0.05) is 60.7 Å². The summed E-state index contributed by atoms with van der Waals surface area (Å²) in [5.41, 5.74) is 3.78. The van der Waals surface area contributed by atoms with Crippen LogP contribution in [0.4, 0.5) is 0 Å². The van der Waals surface area contributed by atoms with Crippen LogP contribution >= 0.6 is 0 Å². The van der Waals surface area contributed by atoms with Crippen molar-refractivity contribution >= 4 is 15.7 Å². The minimum Gasteiger partial charge on any atom is -0.497 e. The molecule has 2 N–H and O–H groups in total. The van der Waals surface area contributed by atoms with Gasteiger partial charge in [-0.05, 0) is 73.9 Å². The normalized spacial score (nSPS) is 11.7. The minimum atomic E-state index is -4.14. The smallest absolute Gasteiger partial charge is 0.265 e. The molecule has 0 bridgehead atoms. The van der Waals surface area contributed by atoms with Gasteiger partial charge in [-0.3, -0.25) is 10.0 Å². The van der Waals surface area contributed by atoms with Gasteiger partial charge in [0.05, 0.1) is 12.0 Å². The van der Waals surface area contributed by atoms with Crippen LogP contribution in [0.1, 0.15) is 36.8 Å². The number of rotatable bonds is 12. The van der Waals surface area contributed by atoms with Crippen LogP contribution in [0, 0.1) is 0 Å². The lowest BCUT2D eigenvalue weighted by molar-refractivity contribution is -0.132. The number of carbonyl (C=O) groups is 1. The summed E-state index contributed by atoms with van der Waals surface area (Å²) in [7, 11) is -2.64. The molecule has 0 aliphatic heterocycles. The van der Waals surface area contributed by atoms with Crippen LogP contribution < -0.4 is 10.2 Å². The molecule has 0 radical (unpaired) electrons. The van der Waals surface area contributed by atoms with E-state index in [9.17, 15) is 18.4 Å². The van der Waals surface area contributed by atoms with Gasteiger partial charge in [0.1, 0.15) is 5.75 Å². The third kappa shape index (κ3) is 5.85. The molecule has 0 unspecified atom stereocenters. The van der Waals surface area contributed by atoms with Crippen molar-refractivity contribution in [2.45, 2.75) is 48.2 Å². The van der Waals surface area contributed by atoms with Gasteiger partial charge in [-0.2, -0.15) is 0 Å². The molecule has 34 heavy (non-hydrogen) atoms. The second kappa shape index (κ2) is 11.8. The second-order valence-electron chi connectivity index (χ2n) is 8.29. The lowest BCUT2D eigenvalue weighted by Gasteiger charge is -2.31. The number of sulfone groups is 1. The Balaban J connectivity index is 1.93. The largest absolute Gasteiger partial charge is 0.497 e. The summed E-state index contributed by atoms with van der Waals surface area (Å²) in [6.07, 6.45) is 2.35. The zero-order chi connectivity index (χ0) is 24.4. The number of hydrogen-bond donors (Lipinski definition) is 2. The van der Waals surface area contributed by atoms with Gasteiger partial charge in [-0.25, -0.2) is 13.9 Å². The van der Waals surface area contributed by atoms with Gasteiger partial charge in [0, 0.05) is 0 Å². The minimum absolute atomic E-state index is 0.0244. The molecule has 0 spiro atoms. The zero-order valence-electron chi connectivity index (χ0n) is 19.3. The van der Waals surface area contributed by atoms with Crippen LogP contribution in [0.15, 0.2) is 89.8 Å². The maximum Gasteiger partial charge on any atom is 0.265 e. The number of methoxy groups -OCH3 is 1. The summed E-state index contributed by atoms with van der Waals surface area (Å²) in [6, 6.07) is 25.5. The Labute approximate surface area is 201 Å². The number of benzene rings is 3. The Kier molecular flexibility index (Phi) is 8.85. The summed E-state index contributed by atoms with van der Waals surface area (Å²) in [5, 5.41) is 9.61. The second-order valence-corrected chi connectivity index (χ2v) is 10.6. The van der Waals surface area contributed by atoms with E-state index in [1.54, 1.807) is 17.6 Å². The summed E-state index contributed by atoms with van der Waals surface area (Å²) in [5.74, 6) is -0.381. The van der Waals surface area contributed by atoms with Crippen molar-refractivity contribution < 1.29 is 23.2 Å². The molecule has 3 aromatic carbocycles. The molecular weight excluding hydrogens is 450 g/mol. The number of hydrogen-bond acceptors (Lipinski definition) is 5. The van der Waals surface area contributed by atoms with Crippen molar-refractivity contribution in [3.8, 4) is 5.75 Å². The molecule has 0 aliphatic carbocycles. The van der Waals surface area contributed by atoms with Crippen LogP contribution in [0.25, 0.3) is 0 Å². The van der Waals surface area contributed by atoms with Gasteiger partial charge in [0.2, 0.25) is 0 Å². The summed E-state index contributed by atoms with van der Waals surface area (Å²) in [4.78, 5) is 13.1. The Morgan fingerprint density at radius 3 is 1.71 bits per heavy atom. The first-order valence-electron chi connectivity index (χ1n) is 11.3. The van der Waals surface area contributed by atoms with Crippen LogP contribution in [-0.4, -0.2) is 31.4 Å². The molecule has 1 amide bonds. The molecule has 180 valence electrons. The van der Waals surface area contributed by atoms with Gasteiger partial charge >= 0.3 is 0 Å². The SMILES string of the molecule is COc1ccc(S(=O)(=O)C(CCCc2ccccc2)(CCCc2ccccc2)C(=O)NO)cc1. The fourth-order valence-electron chi connectivity index (χ4n) is 4.27. The van der Waals surface area contributed by atoms with Crippen LogP contribution in [-0.2, 0) is 27.5 Å². The van der Waals surface area contributed by atoms with E-state index in [2.05, 4.69) is 0 Å². The van der Waals surface area contributed by atoms with Crippen molar-refractivity contribution in [3.05, 3.63) is 96.1 Å². The number of carbonyl (C=O) groups excluding carboxylic acids is 1. The summed E-state index contributed by atoms with van der Waals surface area (Å²) in [6.45, 7) is 0. The van der Waals surface area contributed by atoms with E-state index in [-0.39, 0.29) is 17.7 Å². The van der Waals surface area contributed by atoms with Gasteiger partial charge in [-0.15, -0.1) is 0 Å². The lowest BCUT2D eigenvalue weighted by Crippen LogP contribution is -2.52. The van der Waals surface area contributed by atoms with Crippen molar-refractivity contribution in [1.29, 1.82) is 0 Å². The van der Waals surface area contributed by atoms with Crippen molar-refractivity contribution in [1.82, 2.24) is 5.48 Å². The molecular formula is C27H31NO5S. The van der Waals surface area contributed by atoms with Crippen LogP contribution in [0.2, 0.25) is 0 Å². The molecule has 3 aromatic rings. The molecule has 0 aliphatic rings. The monoisotopic (exact) mass is 481 g/mol. The number of nitrogens with one attached hydrogen (secondary N) is 1. The predicted octanol–water partition coefficient (Wildman–Crippen LogP) is 4.76. The molecule has 0 saturated carbocycles. The van der Waals surface area contributed by atoms with E-state index < -0.39 is 20.5 Å². The van der Waals surface area contributed by atoms with E-state index in [1.165, 1.54) is 19.2 Å². The topological polar surface area (TPSA) is 92.7 Å².